The van der Waals surface area contributed by atoms with Crippen LogP contribution in [-0.2, 0) is 14.8 Å². The Hall–Kier alpha value is -3.75. The molecule has 0 aromatic heterocycles. The number of fused-ring (bicyclic) bond motifs is 1. The summed E-state index contributed by atoms with van der Waals surface area (Å²) in [6.45, 7) is 5.68. The lowest BCUT2D eigenvalue weighted by atomic mass is 10.0. The van der Waals surface area contributed by atoms with Crippen LogP contribution in [-0.4, -0.2) is 86.3 Å². The summed E-state index contributed by atoms with van der Waals surface area (Å²) >= 11 is 5.98. The van der Waals surface area contributed by atoms with Crippen LogP contribution in [0.1, 0.15) is 50.4 Å². The number of sulfonamides is 1. The van der Waals surface area contributed by atoms with Gasteiger partial charge in [0.2, 0.25) is 10.0 Å². The second kappa shape index (κ2) is 17.3. The van der Waals surface area contributed by atoms with Crippen molar-refractivity contribution in [2.24, 2.45) is 5.92 Å². The highest BCUT2D eigenvalue weighted by atomic mass is 35.5. The molecule has 0 saturated carbocycles. The minimum Gasteiger partial charge on any atom is -0.490 e. The van der Waals surface area contributed by atoms with Gasteiger partial charge in [0, 0.05) is 49.1 Å². The van der Waals surface area contributed by atoms with Crippen molar-refractivity contribution in [1.82, 2.24) is 9.21 Å². The minimum atomic E-state index is -3.87. The maximum atomic E-state index is 14.3. The molecule has 0 radical (unpaired) electrons. The van der Waals surface area contributed by atoms with Gasteiger partial charge < -0.3 is 30.1 Å². The van der Waals surface area contributed by atoms with Crippen LogP contribution in [0.25, 0.3) is 0 Å². The highest BCUT2D eigenvalue weighted by molar-refractivity contribution is 7.89. The fourth-order valence-corrected chi connectivity index (χ4v) is 6.74. The van der Waals surface area contributed by atoms with Crippen LogP contribution < -0.4 is 15.4 Å². The molecule has 1 aliphatic rings. The van der Waals surface area contributed by atoms with E-state index in [1.807, 2.05) is 13.8 Å². The van der Waals surface area contributed by atoms with Crippen molar-refractivity contribution < 1.29 is 37.0 Å². The maximum absolute atomic E-state index is 14.3. The van der Waals surface area contributed by atoms with Gasteiger partial charge in [0.1, 0.15) is 11.6 Å². The summed E-state index contributed by atoms with van der Waals surface area (Å²) < 4.78 is 53.9. The van der Waals surface area contributed by atoms with E-state index in [2.05, 4.69) is 10.6 Å². The van der Waals surface area contributed by atoms with Gasteiger partial charge in [-0.15, -0.1) is 0 Å². The predicted molar refractivity (Wildman–Crippen MR) is 187 cm³/mol. The van der Waals surface area contributed by atoms with E-state index in [1.54, 1.807) is 19.1 Å². The monoisotopic (exact) mass is 718 g/mol. The predicted octanol–water partition coefficient (Wildman–Crippen LogP) is 6.24. The number of amides is 3. The van der Waals surface area contributed by atoms with Crippen LogP contribution in [0.15, 0.2) is 71.6 Å². The molecular weight excluding hydrogens is 675 g/mol. The molecule has 0 saturated heterocycles. The largest absolute Gasteiger partial charge is 0.490 e. The number of carbonyl (C=O) groups excluding carboxylic acids is 2. The molecule has 49 heavy (non-hydrogen) atoms. The summed E-state index contributed by atoms with van der Waals surface area (Å²) in [5, 5.41) is 16.0. The van der Waals surface area contributed by atoms with E-state index in [4.69, 9.17) is 21.1 Å². The number of hydrogen-bond donors (Lipinski definition) is 3. The third kappa shape index (κ3) is 10.4. The van der Waals surface area contributed by atoms with E-state index >= 15 is 0 Å². The number of nitrogens with one attached hydrogen (secondary N) is 2. The van der Waals surface area contributed by atoms with Crippen LogP contribution in [0.3, 0.4) is 0 Å². The normalized spacial score (nSPS) is 20.1. The average Bonchev–Trinajstić information content (AvgIpc) is 3.07. The minimum absolute atomic E-state index is 0.0228. The Labute approximate surface area is 292 Å². The molecule has 3 aromatic rings. The molecule has 14 heteroatoms. The first-order valence-corrected chi connectivity index (χ1v) is 18.0. The number of nitrogens with zero attached hydrogens (tertiary/aromatic N) is 2. The van der Waals surface area contributed by atoms with Gasteiger partial charge in [-0.3, -0.25) is 4.79 Å². The van der Waals surface area contributed by atoms with E-state index in [1.165, 1.54) is 70.9 Å². The first kappa shape index (κ1) is 38.1. The first-order valence-electron chi connectivity index (χ1n) is 16.2. The number of rotatable bonds is 8. The molecule has 11 nitrogen and oxygen atoms in total. The zero-order chi connectivity index (χ0) is 35.7. The zero-order valence-corrected chi connectivity index (χ0v) is 29.6. The molecule has 0 spiro atoms. The summed E-state index contributed by atoms with van der Waals surface area (Å²) in [5.41, 5.74) is 0.866. The Morgan fingerprint density at radius 3 is 2.39 bits per heavy atom. The van der Waals surface area contributed by atoms with Crippen LogP contribution in [0.5, 0.6) is 5.75 Å². The fourth-order valence-electron chi connectivity index (χ4n) is 5.43. The molecule has 0 aliphatic carbocycles. The van der Waals surface area contributed by atoms with Crippen molar-refractivity contribution in [2.75, 3.05) is 44.0 Å². The molecule has 3 amide bonds. The number of aliphatic hydroxyl groups excluding tert-OH is 1. The summed E-state index contributed by atoms with van der Waals surface area (Å²) in [6, 6.07) is 14.8. The van der Waals surface area contributed by atoms with Crippen LogP contribution >= 0.6 is 11.6 Å². The zero-order valence-electron chi connectivity index (χ0n) is 28.1. The van der Waals surface area contributed by atoms with Crippen LogP contribution in [0, 0.1) is 11.7 Å². The Balaban J connectivity index is 1.62. The first-order chi connectivity index (χ1) is 23.3. The van der Waals surface area contributed by atoms with Gasteiger partial charge in [-0.1, -0.05) is 18.5 Å². The van der Waals surface area contributed by atoms with E-state index < -0.39 is 39.9 Å². The number of carbonyl (C=O) groups is 2. The highest BCUT2D eigenvalue weighted by Gasteiger charge is 2.32. The third-order valence-corrected chi connectivity index (χ3v) is 10.5. The molecule has 0 bridgehead atoms. The number of anilines is 2. The van der Waals surface area contributed by atoms with Gasteiger partial charge in [0.05, 0.1) is 35.3 Å². The molecule has 4 rings (SSSR count). The van der Waals surface area contributed by atoms with Crippen LogP contribution in [0.4, 0.5) is 20.6 Å². The second-order valence-corrected chi connectivity index (χ2v) is 14.8. The van der Waals surface area contributed by atoms with Crippen molar-refractivity contribution in [1.29, 1.82) is 0 Å². The number of likely N-dealkylation sites (N-methyl/N-ethyl adjacent to an activating group) is 1. The van der Waals surface area contributed by atoms with E-state index in [0.717, 1.165) is 6.42 Å². The quantitative estimate of drug-likeness (QED) is 0.251. The van der Waals surface area contributed by atoms with E-state index in [0.29, 0.717) is 41.6 Å². The second-order valence-electron chi connectivity index (χ2n) is 12.3. The van der Waals surface area contributed by atoms with Crippen molar-refractivity contribution in [3.63, 3.8) is 0 Å². The molecule has 3 N–H and O–H groups in total. The van der Waals surface area contributed by atoms with Crippen molar-refractivity contribution in [3.8, 4) is 5.75 Å². The third-order valence-electron chi connectivity index (χ3n) is 8.37. The average molecular weight is 719 g/mol. The van der Waals surface area contributed by atoms with Gasteiger partial charge in [-0.25, -0.2) is 17.6 Å². The van der Waals surface area contributed by atoms with Gasteiger partial charge in [-0.05, 0) is 99.8 Å². The number of urea groups is 1. The fraction of sp³-hybridized carbons (Fsp3) is 0.429. The molecule has 266 valence electrons. The smallest absolute Gasteiger partial charge is 0.323 e. The standard InChI is InChI=1S/C35H44ClFN4O7S/c1-23-20-41(24(2)22-42)34(43)31-19-29(39-35(44)38-28-12-10-27(37)11-13-28)14-17-32(31)48-25(3)7-5-6-18-47-33(23)21-40(4)49(45,46)30-15-8-26(36)9-16-30/h8-17,19,23-25,33,42H,5-7,18,20-22H2,1-4H3,(H2,38,39,44)/t23-,24-,25+,33+/m1/s1. The van der Waals surface area contributed by atoms with E-state index in [-0.39, 0.29) is 42.2 Å². The molecule has 3 aromatic carbocycles. The molecular formula is C35H44ClFN4O7S. The van der Waals surface area contributed by atoms with Gasteiger partial charge in [-0.2, -0.15) is 4.31 Å². The Morgan fingerprint density at radius 2 is 1.71 bits per heavy atom. The summed E-state index contributed by atoms with van der Waals surface area (Å²) in [4.78, 5) is 28.7. The number of hydrogen-bond acceptors (Lipinski definition) is 7. The number of ether oxygens (including phenoxy) is 2. The lowest BCUT2D eigenvalue weighted by Gasteiger charge is -2.35. The van der Waals surface area contributed by atoms with Crippen molar-refractivity contribution in [3.05, 3.63) is 83.1 Å². The number of benzene rings is 3. The summed E-state index contributed by atoms with van der Waals surface area (Å²) in [6.07, 6.45) is 1.29. The number of halogens is 2. The van der Waals surface area contributed by atoms with Crippen LogP contribution in [0.2, 0.25) is 5.02 Å². The SMILES string of the molecule is C[C@@H]1CN([C@H](C)CO)C(=O)c2cc(NC(=O)Nc3ccc(F)cc3)ccc2O[C@@H](C)CCCCO[C@H]1CN(C)S(=O)(=O)c1ccc(Cl)cc1. The lowest BCUT2D eigenvalue weighted by Crippen LogP contribution is -2.48. The lowest BCUT2D eigenvalue weighted by molar-refractivity contribution is -0.00833. The van der Waals surface area contributed by atoms with E-state index in [9.17, 15) is 27.5 Å². The van der Waals surface area contributed by atoms with Crippen molar-refractivity contribution in [2.45, 2.75) is 63.2 Å². The molecule has 0 unspecified atom stereocenters. The Bertz CT molecular complexity index is 1680. The Kier molecular flexibility index (Phi) is 13.4. The molecule has 0 fully saturated rings. The Morgan fingerprint density at radius 1 is 1.06 bits per heavy atom. The summed E-state index contributed by atoms with van der Waals surface area (Å²) in [7, 11) is -2.38. The van der Waals surface area contributed by atoms with Gasteiger partial charge >= 0.3 is 6.03 Å². The highest BCUT2D eigenvalue weighted by Crippen LogP contribution is 2.29. The molecule has 4 atom stereocenters. The topological polar surface area (TPSA) is 138 Å². The summed E-state index contributed by atoms with van der Waals surface area (Å²) in [5.74, 6) is -0.928. The maximum Gasteiger partial charge on any atom is 0.323 e. The number of aliphatic hydroxyl groups is 1. The van der Waals surface area contributed by atoms with Gasteiger partial charge in [0.25, 0.3) is 5.91 Å². The van der Waals surface area contributed by atoms with Gasteiger partial charge in [0.15, 0.2) is 0 Å². The van der Waals surface area contributed by atoms with Crippen molar-refractivity contribution >= 4 is 44.9 Å². The molecule has 1 heterocycles. The molecule has 1 aliphatic heterocycles.